The van der Waals surface area contributed by atoms with E-state index in [0.29, 0.717) is 0 Å². The fourth-order valence-electron chi connectivity index (χ4n) is 0.216. The molecule has 4 heteroatoms. The molecule has 0 aliphatic rings. The molecule has 0 aliphatic heterocycles. The zero-order valence-electron chi connectivity index (χ0n) is 4.70. The molecule has 3 N–H and O–H groups in total. The summed E-state index contributed by atoms with van der Waals surface area (Å²) in [5.41, 5.74) is 0.0185. The van der Waals surface area contributed by atoms with E-state index < -0.39 is 13.2 Å². The second-order valence-electron chi connectivity index (χ2n) is 1.62. The molecule has 0 bridgehead atoms. The van der Waals surface area contributed by atoms with Crippen LogP contribution < -0.4 is 0 Å². The van der Waals surface area contributed by atoms with Gasteiger partial charge in [-0.05, 0) is 12.4 Å². The second-order valence-corrected chi connectivity index (χ2v) is 1.62. The third kappa shape index (κ3) is 2.11. The Balaban J connectivity index is 3.65. The molecule has 0 aliphatic carbocycles. The first-order valence-corrected chi connectivity index (χ1v) is 2.28. The molecule has 46 valence electrons. The van der Waals surface area contributed by atoms with Crippen LogP contribution in [0.1, 0.15) is 6.92 Å². The van der Waals surface area contributed by atoms with Gasteiger partial charge in [0.25, 0.3) is 0 Å². The highest BCUT2D eigenvalue weighted by Gasteiger charge is 2.15. The van der Waals surface area contributed by atoms with Gasteiger partial charge in [-0.25, -0.2) is 0 Å². The predicted octanol–water partition coefficient (Wildman–Crippen LogP) is -1.06. The fourth-order valence-corrected chi connectivity index (χ4v) is 0.216. The lowest BCUT2D eigenvalue weighted by Crippen LogP contribution is -2.22. The molecule has 0 radical (unpaired) electrons. The highest BCUT2D eigenvalue weighted by atomic mass is 16.4. The zero-order chi connectivity index (χ0) is 6.73. The Morgan fingerprint density at radius 2 is 2.00 bits per heavy atom. The van der Waals surface area contributed by atoms with Crippen molar-refractivity contribution >= 4 is 7.12 Å². The molecule has 8 heavy (non-hydrogen) atoms. The average molecular weight is 116 g/mol. The lowest BCUT2D eigenvalue weighted by atomic mass is 9.78. The van der Waals surface area contributed by atoms with Crippen LogP contribution in [0.25, 0.3) is 0 Å². The summed E-state index contributed by atoms with van der Waals surface area (Å²) < 4.78 is 0. The predicted molar refractivity (Wildman–Crippen MR) is 31.0 cm³/mol. The summed E-state index contributed by atoms with van der Waals surface area (Å²) in [6.45, 7) is 4.62. The molecule has 0 amide bonds. The summed E-state index contributed by atoms with van der Waals surface area (Å²) in [5, 5.41) is 25.1. The first-order chi connectivity index (χ1) is 3.55. The molecule has 0 saturated heterocycles. The number of hydrogen-bond acceptors (Lipinski definition) is 3. The van der Waals surface area contributed by atoms with Crippen molar-refractivity contribution in [2.24, 2.45) is 0 Å². The Hall–Kier alpha value is -0.315. The van der Waals surface area contributed by atoms with E-state index in [9.17, 15) is 0 Å². The van der Waals surface area contributed by atoms with E-state index in [1.54, 1.807) is 0 Å². The van der Waals surface area contributed by atoms with Crippen LogP contribution in [0.15, 0.2) is 12.1 Å². The van der Waals surface area contributed by atoms with Crippen molar-refractivity contribution in [3.8, 4) is 0 Å². The van der Waals surface area contributed by atoms with Crippen molar-refractivity contribution in [1.82, 2.24) is 0 Å². The quantitative estimate of drug-likeness (QED) is 0.403. The largest absolute Gasteiger partial charge is 0.486 e. The highest BCUT2D eigenvalue weighted by molar-refractivity contribution is 6.50. The van der Waals surface area contributed by atoms with E-state index in [-0.39, 0.29) is 5.47 Å². The van der Waals surface area contributed by atoms with E-state index in [2.05, 4.69) is 6.58 Å². The molecule has 0 aromatic heterocycles. The van der Waals surface area contributed by atoms with E-state index >= 15 is 0 Å². The van der Waals surface area contributed by atoms with Crippen LogP contribution >= 0.6 is 0 Å². The second kappa shape index (κ2) is 2.86. The van der Waals surface area contributed by atoms with E-state index in [1.165, 1.54) is 6.92 Å². The monoisotopic (exact) mass is 116 g/mol. The van der Waals surface area contributed by atoms with Crippen molar-refractivity contribution in [2.75, 3.05) is 0 Å². The van der Waals surface area contributed by atoms with Gasteiger partial charge in [0, 0.05) is 0 Å². The Bertz CT molecular complexity index is 79.3. The van der Waals surface area contributed by atoms with Gasteiger partial charge in [-0.1, -0.05) is 0 Å². The van der Waals surface area contributed by atoms with Crippen molar-refractivity contribution in [2.45, 2.75) is 13.0 Å². The minimum Gasteiger partial charge on any atom is -0.423 e. The van der Waals surface area contributed by atoms with Crippen LogP contribution in [0.5, 0.6) is 0 Å². The Morgan fingerprint density at radius 3 is 2.00 bits per heavy atom. The number of aliphatic hydroxyl groups is 1. The molecular weight excluding hydrogens is 107 g/mol. The van der Waals surface area contributed by atoms with Crippen LogP contribution in [0.4, 0.5) is 0 Å². The first-order valence-electron chi connectivity index (χ1n) is 2.28. The van der Waals surface area contributed by atoms with Gasteiger partial charge in [0.2, 0.25) is 0 Å². The Morgan fingerprint density at radius 1 is 1.62 bits per heavy atom. The molecular formula is C4H9BO3. The topological polar surface area (TPSA) is 60.7 Å². The lowest BCUT2D eigenvalue weighted by molar-refractivity contribution is 0.231. The Labute approximate surface area is 48.4 Å². The molecule has 0 spiro atoms. The van der Waals surface area contributed by atoms with E-state index in [4.69, 9.17) is 15.2 Å². The summed E-state index contributed by atoms with van der Waals surface area (Å²) in [5.74, 6) is 0. The molecule has 0 heterocycles. The molecule has 1 atom stereocenters. The van der Waals surface area contributed by atoms with Gasteiger partial charge >= 0.3 is 7.12 Å². The van der Waals surface area contributed by atoms with Crippen LogP contribution in [-0.4, -0.2) is 28.4 Å². The standard InChI is InChI=1S/C4H9BO3/c1-3(4(2)6)5(7)8/h4,6-8H,1H2,2H3/t4-/m0/s1. The van der Waals surface area contributed by atoms with Gasteiger partial charge in [-0.3, -0.25) is 0 Å². The molecule has 0 fully saturated rings. The smallest absolute Gasteiger partial charge is 0.423 e. The number of aliphatic hydroxyl groups excluding tert-OH is 1. The number of rotatable bonds is 2. The minimum atomic E-state index is -1.60. The minimum absolute atomic E-state index is 0.0185. The third-order valence-corrected chi connectivity index (χ3v) is 0.868. The fraction of sp³-hybridized carbons (Fsp3) is 0.500. The van der Waals surface area contributed by atoms with Crippen molar-refractivity contribution in [1.29, 1.82) is 0 Å². The van der Waals surface area contributed by atoms with E-state index in [0.717, 1.165) is 0 Å². The zero-order valence-corrected chi connectivity index (χ0v) is 4.70. The summed E-state index contributed by atoms with van der Waals surface area (Å²) in [6, 6.07) is 0. The molecule has 0 aromatic carbocycles. The summed E-state index contributed by atoms with van der Waals surface area (Å²) >= 11 is 0. The maximum absolute atomic E-state index is 8.57. The SMILES string of the molecule is C=C(B(O)O)[C@H](C)O. The molecule has 3 nitrogen and oxygen atoms in total. The van der Waals surface area contributed by atoms with Crippen LogP contribution in [0.2, 0.25) is 0 Å². The maximum atomic E-state index is 8.57. The normalized spacial score (nSPS) is 13.0. The van der Waals surface area contributed by atoms with Gasteiger partial charge in [0.15, 0.2) is 0 Å². The van der Waals surface area contributed by atoms with Crippen molar-refractivity contribution in [3.05, 3.63) is 12.1 Å². The van der Waals surface area contributed by atoms with E-state index in [1.807, 2.05) is 0 Å². The Kier molecular flexibility index (Phi) is 2.75. The third-order valence-electron chi connectivity index (χ3n) is 0.868. The average Bonchev–Trinajstić information content (AvgIpc) is 1.64. The first kappa shape index (κ1) is 7.68. The van der Waals surface area contributed by atoms with Gasteiger partial charge in [-0.2, -0.15) is 0 Å². The molecule has 0 saturated carbocycles. The molecule has 0 aromatic rings. The van der Waals surface area contributed by atoms with Crippen LogP contribution in [0.3, 0.4) is 0 Å². The van der Waals surface area contributed by atoms with Crippen LogP contribution in [0, 0.1) is 0 Å². The van der Waals surface area contributed by atoms with Gasteiger partial charge in [0.05, 0.1) is 6.10 Å². The molecule has 0 rings (SSSR count). The summed E-state index contributed by atoms with van der Waals surface area (Å²) in [7, 11) is -1.60. The van der Waals surface area contributed by atoms with Gasteiger partial charge in [0.1, 0.15) is 0 Å². The highest BCUT2D eigenvalue weighted by Crippen LogP contribution is 1.97. The lowest BCUT2D eigenvalue weighted by Gasteiger charge is -2.04. The van der Waals surface area contributed by atoms with Gasteiger partial charge < -0.3 is 15.2 Å². The maximum Gasteiger partial charge on any atom is 0.486 e. The summed E-state index contributed by atoms with van der Waals surface area (Å²) in [6.07, 6.45) is -0.852. The summed E-state index contributed by atoms with van der Waals surface area (Å²) in [4.78, 5) is 0. The number of hydrogen-bond donors (Lipinski definition) is 3. The van der Waals surface area contributed by atoms with Crippen molar-refractivity contribution < 1.29 is 15.2 Å². The van der Waals surface area contributed by atoms with Crippen LogP contribution in [-0.2, 0) is 0 Å². The van der Waals surface area contributed by atoms with Gasteiger partial charge in [-0.15, -0.1) is 6.58 Å². The molecule has 0 unspecified atom stereocenters. The van der Waals surface area contributed by atoms with Crippen molar-refractivity contribution in [3.63, 3.8) is 0 Å².